The van der Waals surface area contributed by atoms with E-state index < -0.39 is 50.1 Å². The Morgan fingerprint density at radius 1 is 1.09 bits per heavy atom. The molecule has 2 unspecified atom stereocenters. The summed E-state index contributed by atoms with van der Waals surface area (Å²) in [5.41, 5.74) is -1.15. The molecule has 3 fully saturated rings. The number of amides is 2. The monoisotopic (exact) mass is 528 g/mol. The minimum atomic E-state index is -3.98. The molecule has 2 aromatic rings. The van der Waals surface area contributed by atoms with Gasteiger partial charge >= 0.3 is 6.09 Å². The summed E-state index contributed by atoms with van der Waals surface area (Å²) in [5, 5.41) is 4.07. The Kier molecular flexibility index (Phi) is 5.75. The van der Waals surface area contributed by atoms with Crippen molar-refractivity contribution in [1.82, 2.24) is 5.32 Å². The number of ether oxygens (including phenoxy) is 1. The molecule has 35 heavy (non-hydrogen) atoms. The molecule has 2 N–H and O–H groups in total. The summed E-state index contributed by atoms with van der Waals surface area (Å²) in [5.74, 6) is -5.97. The number of hydrogen-bond donors (Lipinski definition) is 2. The van der Waals surface area contributed by atoms with Crippen molar-refractivity contribution in [3.63, 3.8) is 0 Å². The fourth-order valence-corrected chi connectivity index (χ4v) is 8.54. The van der Waals surface area contributed by atoms with Gasteiger partial charge in [0.1, 0.15) is 5.60 Å². The molecule has 186 valence electrons. The highest BCUT2D eigenvalue weighted by molar-refractivity contribution is 7.92. The topological polar surface area (TPSA) is 102 Å². The van der Waals surface area contributed by atoms with E-state index in [9.17, 15) is 31.2 Å². The largest absolute Gasteiger partial charge is 0.441 e. The first-order chi connectivity index (χ1) is 16.5. The Morgan fingerprint density at radius 2 is 1.71 bits per heavy atom. The standard InChI is InChI=1S/C23H20ClF3N2O5S/c24-15-4-3-11(21(30)29-14-6-16(25)19(27)17(26)7-14)5-18(15)35(32,33)20-12-1-2-13(20)9-23(8-12)10-28-22(31)34-23/h3-7,12-13,20H,1-2,8-10H2,(H,28,31)(H,29,30)/t12-,13?,20?,23-/m0/s1. The average molecular weight is 529 g/mol. The van der Waals surface area contributed by atoms with E-state index in [2.05, 4.69) is 10.6 Å². The summed E-state index contributed by atoms with van der Waals surface area (Å²) in [6.45, 7) is 0.340. The van der Waals surface area contributed by atoms with Crippen molar-refractivity contribution in [3.8, 4) is 0 Å². The molecular weight excluding hydrogens is 509 g/mol. The van der Waals surface area contributed by atoms with Crippen LogP contribution in [-0.2, 0) is 14.6 Å². The zero-order valence-corrected chi connectivity index (χ0v) is 19.7. The number of carbonyl (C=O) groups is 2. The molecule has 3 aliphatic rings. The van der Waals surface area contributed by atoms with Gasteiger partial charge in [0.05, 0.1) is 21.7 Å². The molecule has 2 bridgehead atoms. The quantitative estimate of drug-likeness (QED) is 0.571. The van der Waals surface area contributed by atoms with Crippen molar-refractivity contribution in [2.75, 3.05) is 11.9 Å². The van der Waals surface area contributed by atoms with Gasteiger partial charge in [0.25, 0.3) is 5.91 Å². The van der Waals surface area contributed by atoms with Crippen molar-refractivity contribution in [2.24, 2.45) is 11.8 Å². The summed E-state index contributed by atoms with van der Waals surface area (Å²) in [6.07, 6.45) is 1.63. The van der Waals surface area contributed by atoms with Crippen LogP contribution in [0.4, 0.5) is 23.7 Å². The first-order valence-electron chi connectivity index (χ1n) is 11.0. The Bertz CT molecular complexity index is 1320. The van der Waals surface area contributed by atoms with E-state index in [1.54, 1.807) is 0 Å². The molecule has 1 heterocycles. The molecule has 5 rings (SSSR count). The molecule has 2 aromatic carbocycles. The third-order valence-corrected chi connectivity index (χ3v) is 9.95. The Labute approximate surface area is 203 Å². The van der Waals surface area contributed by atoms with Crippen molar-refractivity contribution >= 4 is 39.1 Å². The predicted octanol–water partition coefficient (Wildman–Crippen LogP) is 4.45. The maximum absolute atomic E-state index is 13.7. The SMILES string of the molecule is O=C1NC[C@]2(CC3CC[C@@H](C2)C3S(=O)(=O)c2cc(C(=O)Nc3cc(F)c(F)c(F)c3)ccc2Cl)O1. The third kappa shape index (κ3) is 4.14. The molecule has 1 spiro atoms. The fraction of sp³-hybridized carbons (Fsp3) is 0.391. The van der Waals surface area contributed by atoms with Crippen molar-refractivity contribution < 1.29 is 35.9 Å². The second-order valence-corrected chi connectivity index (χ2v) is 11.8. The second kappa shape index (κ2) is 8.41. The maximum atomic E-state index is 13.7. The molecule has 2 aliphatic carbocycles. The van der Waals surface area contributed by atoms with Gasteiger partial charge in [-0.3, -0.25) is 4.79 Å². The van der Waals surface area contributed by atoms with Gasteiger partial charge in [-0.25, -0.2) is 26.4 Å². The van der Waals surface area contributed by atoms with E-state index in [1.807, 2.05) is 0 Å². The molecule has 4 atom stereocenters. The highest BCUT2D eigenvalue weighted by atomic mass is 35.5. The number of sulfone groups is 1. The van der Waals surface area contributed by atoms with Gasteiger partial charge in [-0.05, 0) is 55.7 Å². The molecule has 12 heteroatoms. The summed E-state index contributed by atoms with van der Waals surface area (Å²) in [7, 11) is -3.98. The van der Waals surface area contributed by atoms with Gasteiger partial charge in [0, 0.05) is 23.4 Å². The van der Waals surface area contributed by atoms with E-state index in [4.69, 9.17) is 16.3 Å². The normalized spacial score (nSPS) is 27.5. The lowest BCUT2D eigenvalue weighted by Gasteiger charge is -2.40. The lowest BCUT2D eigenvalue weighted by Crippen LogP contribution is -2.48. The van der Waals surface area contributed by atoms with Gasteiger partial charge in [0.15, 0.2) is 27.3 Å². The first kappa shape index (κ1) is 23.9. The third-order valence-electron chi connectivity index (χ3n) is 7.07. The van der Waals surface area contributed by atoms with Crippen molar-refractivity contribution in [1.29, 1.82) is 0 Å². The summed E-state index contributed by atoms with van der Waals surface area (Å²) in [4.78, 5) is 24.1. The molecule has 1 aliphatic heterocycles. The van der Waals surface area contributed by atoms with E-state index in [0.29, 0.717) is 44.4 Å². The Hall–Kier alpha value is -2.79. The number of carbonyl (C=O) groups excluding carboxylic acids is 2. The Balaban J connectivity index is 1.41. The smallest absolute Gasteiger partial charge is 0.407 e. The van der Waals surface area contributed by atoms with Crippen LogP contribution in [0.2, 0.25) is 5.02 Å². The number of alkyl carbamates (subject to hydrolysis) is 1. The maximum Gasteiger partial charge on any atom is 0.407 e. The fourth-order valence-electron chi connectivity index (χ4n) is 5.69. The van der Waals surface area contributed by atoms with Crippen LogP contribution in [0.1, 0.15) is 36.0 Å². The zero-order valence-electron chi connectivity index (χ0n) is 18.1. The average Bonchev–Trinajstić information content (AvgIpc) is 3.29. The van der Waals surface area contributed by atoms with Crippen LogP contribution in [0.3, 0.4) is 0 Å². The number of hydrogen-bond acceptors (Lipinski definition) is 5. The molecular formula is C23H20ClF3N2O5S. The van der Waals surface area contributed by atoms with Gasteiger partial charge in [-0.1, -0.05) is 11.6 Å². The lowest BCUT2D eigenvalue weighted by atomic mass is 9.77. The van der Waals surface area contributed by atoms with Gasteiger partial charge in [0.2, 0.25) is 0 Å². The van der Waals surface area contributed by atoms with Gasteiger partial charge < -0.3 is 15.4 Å². The van der Waals surface area contributed by atoms with Crippen LogP contribution < -0.4 is 10.6 Å². The minimum absolute atomic E-state index is 0.0610. The van der Waals surface area contributed by atoms with E-state index >= 15 is 0 Å². The lowest BCUT2D eigenvalue weighted by molar-refractivity contribution is 0.00456. The first-order valence-corrected chi connectivity index (χ1v) is 12.9. The Morgan fingerprint density at radius 3 is 2.29 bits per heavy atom. The van der Waals surface area contributed by atoms with Crippen LogP contribution in [0.5, 0.6) is 0 Å². The number of benzene rings is 2. The molecule has 7 nitrogen and oxygen atoms in total. The number of rotatable bonds is 4. The van der Waals surface area contributed by atoms with Gasteiger partial charge in [-0.15, -0.1) is 0 Å². The van der Waals surface area contributed by atoms with Gasteiger partial charge in [-0.2, -0.15) is 0 Å². The second-order valence-electron chi connectivity index (χ2n) is 9.29. The zero-order chi connectivity index (χ0) is 25.1. The molecule has 2 saturated carbocycles. The molecule has 0 radical (unpaired) electrons. The van der Waals surface area contributed by atoms with Crippen molar-refractivity contribution in [2.45, 2.75) is 41.4 Å². The van der Waals surface area contributed by atoms with Crippen molar-refractivity contribution in [3.05, 3.63) is 58.4 Å². The summed E-state index contributed by atoms with van der Waals surface area (Å²) >= 11 is 6.25. The van der Waals surface area contributed by atoms with Crippen LogP contribution in [-0.4, -0.2) is 37.8 Å². The molecule has 2 amide bonds. The van der Waals surface area contributed by atoms with Crippen LogP contribution in [0, 0.1) is 29.3 Å². The minimum Gasteiger partial charge on any atom is -0.441 e. The summed E-state index contributed by atoms with van der Waals surface area (Å²) < 4.78 is 73.1. The highest BCUT2D eigenvalue weighted by Crippen LogP contribution is 2.53. The van der Waals surface area contributed by atoms with E-state index in [-0.39, 0.29) is 33.0 Å². The number of nitrogens with one attached hydrogen (secondary N) is 2. The van der Waals surface area contributed by atoms with Crippen LogP contribution >= 0.6 is 11.6 Å². The number of halogens is 4. The number of fused-ring (bicyclic) bond motifs is 2. The van der Waals surface area contributed by atoms with E-state index in [0.717, 1.165) is 6.07 Å². The highest BCUT2D eigenvalue weighted by Gasteiger charge is 2.57. The number of anilines is 1. The molecule has 1 saturated heterocycles. The van der Waals surface area contributed by atoms with Crippen LogP contribution in [0.15, 0.2) is 35.2 Å². The summed E-state index contributed by atoms with van der Waals surface area (Å²) in [6, 6.07) is 4.91. The molecule has 0 aromatic heterocycles. The van der Waals surface area contributed by atoms with E-state index in [1.165, 1.54) is 12.1 Å². The predicted molar refractivity (Wildman–Crippen MR) is 119 cm³/mol. The van der Waals surface area contributed by atoms with Crippen LogP contribution in [0.25, 0.3) is 0 Å².